The summed E-state index contributed by atoms with van der Waals surface area (Å²) in [6, 6.07) is 0. The fourth-order valence-corrected chi connectivity index (χ4v) is 4.13. The number of hydrogen-bond acceptors (Lipinski definition) is 3. The second-order valence-electron chi connectivity index (χ2n) is 7.25. The third-order valence-electron chi connectivity index (χ3n) is 5.35. The number of nitrogens with zero attached hydrogens (tertiary/aromatic N) is 1. The van der Waals surface area contributed by atoms with Crippen molar-refractivity contribution in [2.45, 2.75) is 64.4 Å². The quantitative estimate of drug-likeness (QED) is 0.805. The molecule has 0 spiro atoms. The maximum Gasteiger partial charge on any atom is 0.0700 e. The van der Waals surface area contributed by atoms with Crippen molar-refractivity contribution >= 4 is 0 Å². The Labute approximate surface area is 118 Å². The van der Waals surface area contributed by atoms with E-state index in [0.29, 0.717) is 5.92 Å². The summed E-state index contributed by atoms with van der Waals surface area (Å²) in [7, 11) is 0. The fraction of sp³-hybridized carbons (Fsp3) is 1.00. The Morgan fingerprint density at radius 1 is 1.32 bits per heavy atom. The summed E-state index contributed by atoms with van der Waals surface area (Å²) in [5.74, 6) is 0.458. The van der Waals surface area contributed by atoms with Crippen molar-refractivity contribution < 1.29 is 10.2 Å². The molecule has 0 radical (unpaired) electrons. The van der Waals surface area contributed by atoms with Gasteiger partial charge in [-0.25, -0.2) is 0 Å². The van der Waals surface area contributed by atoms with Crippen molar-refractivity contribution in [3.63, 3.8) is 0 Å². The molecular weight excluding hydrogens is 238 g/mol. The molecule has 2 fully saturated rings. The first-order valence-corrected chi connectivity index (χ1v) is 8.07. The van der Waals surface area contributed by atoms with Crippen LogP contribution in [0.15, 0.2) is 0 Å². The smallest absolute Gasteiger partial charge is 0.0700 e. The van der Waals surface area contributed by atoms with Gasteiger partial charge >= 0.3 is 0 Å². The second-order valence-corrected chi connectivity index (χ2v) is 7.25. The summed E-state index contributed by atoms with van der Waals surface area (Å²) in [6.07, 6.45) is 7.76. The molecule has 1 saturated heterocycles. The molecule has 0 aromatic carbocycles. The zero-order valence-electron chi connectivity index (χ0n) is 12.7. The van der Waals surface area contributed by atoms with Gasteiger partial charge < -0.3 is 15.1 Å². The van der Waals surface area contributed by atoms with Crippen LogP contribution in [0.4, 0.5) is 0 Å². The molecule has 19 heavy (non-hydrogen) atoms. The summed E-state index contributed by atoms with van der Waals surface area (Å²) in [5, 5.41) is 20.3. The molecule has 1 aliphatic carbocycles. The van der Waals surface area contributed by atoms with Crippen molar-refractivity contribution in [2.24, 2.45) is 11.3 Å². The van der Waals surface area contributed by atoms with Crippen LogP contribution in [0.25, 0.3) is 0 Å². The van der Waals surface area contributed by atoms with Gasteiger partial charge in [0.25, 0.3) is 0 Å². The highest BCUT2D eigenvalue weighted by molar-refractivity contribution is 4.96. The molecule has 3 heteroatoms. The first kappa shape index (κ1) is 15.3. The van der Waals surface area contributed by atoms with Crippen molar-refractivity contribution in [3.8, 4) is 0 Å². The summed E-state index contributed by atoms with van der Waals surface area (Å²) < 4.78 is 0. The van der Waals surface area contributed by atoms with Gasteiger partial charge in [-0.2, -0.15) is 0 Å². The number of likely N-dealkylation sites (tertiary alicyclic amines) is 1. The minimum Gasteiger partial charge on any atom is -0.396 e. The van der Waals surface area contributed by atoms with Crippen LogP contribution < -0.4 is 0 Å². The molecule has 0 bridgehead atoms. The molecule has 2 N–H and O–H groups in total. The molecule has 1 aliphatic heterocycles. The standard InChI is InChI=1S/C16H31NO2/c1-3-7-15(2,13-18)12-17-10-9-16(19)8-5-4-6-14(16)11-17/h14,18-19H,3-13H2,1-2H3. The number of piperidine rings is 1. The molecule has 0 aromatic heterocycles. The fourth-order valence-electron chi connectivity index (χ4n) is 4.13. The molecule has 2 rings (SSSR count). The normalized spacial score (nSPS) is 35.7. The Morgan fingerprint density at radius 2 is 2.11 bits per heavy atom. The van der Waals surface area contributed by atoms with Crippen LogP contribution in [0.3, 0.4) is 0 Å². The van der Waals surface area contributed by atoms with Gasteiger partial charge in [-0.1, -0.05) is 33.1 Å². The lowest BCUT2D eigenvalue weighted by Gasteiger charge is -2.49. The highest BCUT2D eigenvalue weighted by Gasteiger charge is 2.43. The van der Waals surface area contributed by atoms with E-state index in [-0.39, 0.29) is 17.6 Å². The molecule has 3 atom stereocenters. The molecule has 2 aliphatic rings. The van der Waals surface area contributed by atoms with Crippen LogP contribution in [-0.2, 0) is 0 Å². The predicted molar refractivity (Wildman–Crippen MR) is 78.1 cm³/mol. The predicted octanol–water partition coefficient (Wildman–Crippen LogP) is 2.41. The maximum atomic E-state index is 10.7. The van der Waals surface area contributed by atoms with Crippen LogP contribution in [-0.4, -0.2) is 47.0 Å². The average molecular weight is 269 g/mol. The Hall–Kier alpha value is -0.120. The van der Waals surface area contributed by atoms with E-state index in [4.69, 9.17) is 0 Å². The molecular formula is C16H31NO2. The van der Waals surface area contributed by atoms with Crippen LogP contribution >= 0.6 is 0 Å². The van der Waals surface area contributed by atoms with Gasteiger partial charge in [-0.3, -0.25) is 0 Å². The Morgan fingerprint density at radius 3 is 2.79 bits per heavy atom. The summed E-state index contributed by atoms with van der Waals surface area (Å²) in [6.45, 7) is 7.64. The van der Waals surface area contributed by atoms with Crippen molar-refractivity contribution in [1.82, 2.24) is 4.90 Å². The largest absolute Gasteiger partial charge is 0.396 e. The van der Waals surface area contributed by atoms with Gasteiger partial charge in [0.1, 0.15) is 0 Å². The van der Waals surface area contributed by atoms with Gasteiger partial charge in [-0.05, 0) is 25.7 Å². The molecule has 112 valence electrons. The van der Waals surface area contributed by atoms with E-state index in [2.05, 4.69) is 18.7 Å². The third kappa shape index (κ3) is 3.50. The summed E-state index contributed by atoms with van der Waals surface area (Å²) >= 11 is 0. The minimum absolute atomic E-state index is 0.0267. The van der Waals surface area contributed by atoms with Gasteiger partial charge in [0.15, 0.2) is 0 Å². The lowest BCUT2D eigenvalue weighted by Crippen LogP contribution is -2.55. The third-order valence-corrected chi connectivity index (χ3v) is 5.35. The van der Waals surface area contributed by atoms with Crippen LogP contribution in [0.5, 0.6) is 0 Å². The van der Waals surface area contributed by atoms with E-state index in [0.717, 1.165) is 45.3 Å². The van der Waals surface area contributed by atoms with Crippen LogP contribution in [0.1, 0.15) is 58.8 Å². The highest BCUT2D eigenvalue weighted by Crippen LogP contribution is 2.40. The van der Waals surface area contributed by atoms with Gasteiger partial charge in [0.2, 0.25) is 0 Å². The zero-order chi connectivity index (χ0) is 13.9. The van der Waals surface area contributed by atoms with Gasteiger partial charge in [-0.15, -0.1) is 0 Å². The molecule has 0 aromatic rings. The molecule has 3 nitrogen and oxygen atoms in total. The van der Waals surface area contributed by atoms with E-state index in [9.17, 15) is 10.2 Å². The molecule has 3 unspecified atom stereocenters. The van der Waals surface area contributed by atoms with Crippen molar-refractivity contribution in [2.75, 3.05) is 26.2 Å². The summed E-state index contributed by atoms with van der Waals surface area (Å²) in [4.78, 5) is 2.48. The van der Waals surface area contributed by atoms with Crippen molar-refractivity contribution in [1.29, 1.82) is 0 Å². The average Bonchev–Trinajstić information content (AvgIpc) is 2.39. The first-order chi connectivity index (χ1) is 9.01. The van der Waals surface area contributed by atoms with E-state index in [1.54, 1.807) is 0 Å². The number of aliphatic hydroxyl groups is 2. The van der Waals surface area contributed by atoms with E-state index in [1.165, 1.54) is 19.3 Å². The molecule has 0 amide bonds. The number of rotatable bonds is 5. The van der Waals surface area contributed by atoms with E-state index >= 15 is 0 Å². The summed E-state index contributed by atoms with van der Waals surface area (Å²) in [5.41, 5.74) is -0.353. The van der Waals surface area contributed by atoms with Gasteiger partial charge in [0, 0.05) is 37.6 Å². The van der Waals surface area contributed by atoms with Crippen molar-refractivity contribution in [3.05, 3.63) is 0 Å². The van der Waals surface area contributed by atoms with Crippen LogP contribution in [0.2, 0.25) is 0 Å². The van der Waals surface area contributed by atoms with E-state index < -0.39 is 0 Å². The topological polar surface area (TPSA) is 43.7 Å². The molecule has 1 heterocycles. The Kier molecular flexibility index (Phi) is 4.91. The van der Waals surface area contributed by atoms with Gasteiger partial charge in [0.05, 0.1) is 5.60 Å². The van der Waals surface area contributed by atoms with E-state index in [1.807, 2.05) is 0 Å². The maximum absolute atomic E-state index is 10.7. The Balaban J connectivity index is 1.93. The highest BCUT2D eigenvalue weighted by atomic mass is 16.3. The molecule has 1 saturated carbocycles. The Bertz CT molecular complexity index is 296. The lowest BCUT2D eigenvalue weighted by atomic mass is 9.71. The minimum atomic E-state index is -0.380. The monoisotopic (exact) mass is 269 g/mol. The SMILES string of the molecule is CCCC(C)(CO)CN1CCC2(O)CCCCC2C1. The number of hydrogen-bond donors (Lipinski definition) is 2. The van der Waals surface area contributed by atoms with Crippen LogP contribution in [0, 0.1) is 11.3 Å². The lowest BCUT2D eigenvalue weighted by molar-refractivity contribution is -0.102. The zero-order valence-corrected chi connectivity index (χ0v) is 12.7. The number of aliphatic hydroxyl groups excluding tert-OH is 1. The first-order valence-electron chi connectivity index (χ1n) is 8.07. The second kappa shape index (κ2) is 6.11. The number of fused-ring (bicyclic) bond motifs is 1.